The first-order valence-corrected chi connectivity index (χ1v) is 8.91. The molecule has 3 aromatic rings. The van der Waals surface area contributed by atoms with E-state index in [1.807, 2.05) is 0 Å². The summed E-state index contributed by atoms with van der Waals surface area (Å²) in [6.07, 6.45) is 0. The number of amides is 1. The molecule has 0 spiro atoms. The van der Waals surface area contributed by atoms with Gasteiger partial charge in [0.1, 0.15) is 17.1 Å². The Morgan fingerprint density at radius 3 is 2.37 bits per heavy atom. The summed E-state index contributed by atoms with van der Waals surface area (Å²) >= 11 is 0. The predicted molar refractivity (Wildman–Crippen MR) is 110 cm³/mol. The molecule has 0 heterocycles. The summed E-state index contributed by atoms with van der Waals surface area (Å²) in [6, 6.07) is 19.9. The van der Waals surface area contributed by atoms with E-state index in [9.17, 15) is 9.59 Å². The van der Waals surface area contributed by atoms with Gasteiger partial charge < -0.3 is 14.3 Å². The quantitative estimate of drug-likeness (QED) is 0.447. The van der Waals surface area contributed by atoms with Crippen molar-refractivity contribution in [2.24, 2.45) is 10.2 Å². The molecule has 0 radical (unpaired) electrons. The number of hydrogen-bond donors (Lipinski definition) is 1. The number of nitrogens with zero attached hydrogens (tertiary/aromatic N) is 2. The number of ether oxygens (including phenoxy) is 2. The summed E-state index contributed by atoms with van der Waals surface area (Å²) in [7, 11) is 3.00. The summed E-state index contributed by atoms with van der Waals surface area (Å²) in [5, 5.41) is 7.64. The number of nitrogens with one attached hydrogen (secondary N) is 1. The SMILES string of the molecule is COc1cccc(C(=O)N=Nc2ccc(NOC(=O)c3ccccc3OC)cc2)c1. The number of carbonyl (C=O) groups excluding carboxylic acids is 2. The molecule has 0 saturated carbocycles. The molecule has 1 amide bonds. The van der Waals surface area contributed by atoms with Crippen molar-refractivity contribution in [1.29, 1.82) is 0 Å². The van der Waals surface area contributed by atoms with Crippen molar-refractivity contribution in [1.82, 2.24) is 0 Å². The van der Waals surface area contributed by atoms with Gasteiger partial charge in [0.2, 0.25) is 0 Å². The second kappa shape index (κ2) is 9.83. The van der Waals surface area contributed by atoms with Crippen LogP contribution in [0.5, 0.6) is 11.5 Å². The minimum absolute atomic E-state index is 0.300. The molecule has 8 heteroatoms. The Hall–Kier alpha value is -4.20. The molecular weight excluding hydrogens is 386 g/mol. The lowest BCUT2D eigenvalue weighted by atomic mass is 10.2. The Balaban J connectivity index is 1.58. The van der Waals surface area contributed by atoms with Crippen molar-refractivity contribution in [3.63, 3.8) is 0 Å². The summed E-state index contributed by atoms with van der Waals surface area (Å²) in [5.74, 6) is -0.0863. The maximum absolute atomic E-state index is 12.2. The molecule has 8 nitrogen and oxygen atoms in total. The van der Waals surface area contributed by atoms with Crippen molar-refractivity contribution in [2.75, 3.05) is 19.7 Å². The molecule has 0 unspecified atom stereocenters. The van der Waals surface area contributed by atoms with Crippen LogP contribution in [0.25, 0.3) is 0 Å². The lowest BCUT2D eigenvalue weighted by Gasteiger charge is -2.09. The summed E-state index contributed by atoms with van der Waals surface area (Å²) in [5.41, 5.74) is 4.23. The van der Waals surface area contributed by atoms with Crippen LogP contribution < -0.4 is 15.0 Å². The van der Waals surface area contributed by atoms with Crippen LogP contribution in [0.15, 0.2) is 83.0 Å². The van der Waals surface area contributed by atoms with Crippen LogP contribution in [0.1, 0.15) is 20.7 Å². The highest BCUT2D eigenvalue weighted by Gasteiger charge is 2.13. The van der Waals surface area contributed by atoms with E-state index in [-0.39, 0.29) is 0 Å². The molecule has 0 aliphatic heterocycles. The molecule has 0 aliphatic carbocycles. The zero-order valence-corrected chi connectivity index (χ0v) is 16.4. The zero-order valence-electron chi connectivity index (χ0n) is 16.4. The molecule has 0 saturated heterocycles. The summed E-state index contributed by atoms with van der Waals surface area (Å²) in [4.78, 5) is 29.4. The Morgan fingerprint density at radius 1 is 0.867 bits per heavy atom. The van der Waals surface area contributed by atoms with Gasteiger partial charge in [-0.25, -0.2) is 10.3 Å². The van der Waals surface area contributed by atoms with Gasteiger partial charge in [-0.3, -0.25) is 4.79 Å². The van der Waals surface area contributed by atoms with E-state index in [1.54, 1.807) is 72.8 Å². The molecule has 0 aliphatic rings. The van der Waals surface area contributed by atoms with E-state index in [1.165, 1.54) is 14.2 Å². The number of anilines is 1. The van der Waals surface area contributed by atoms with Crippen molar-refractivity contribution in [2.45, 2.75) is 0 Å². The van der Waals surface area contributed by atoms with E-state index in [4.69, 9.17) is 14.3 Å². The van der Waals surface area contributed by atoms with Crippen LogP contribution >= 0.6 is 0 Å². The largest absolute Gasteiger partial charge is 0.497 e. The Morgan fingerprint density at radius 2 is 1.63 bits per heavy atom. The molecule has 0 aromatic heterocycles. The fourth-order valence-electron chi connectivity index (χ4n) is 2.49. The van der Waals surface area contributed by atoms with Crippen molar-refractivity contribution >= 4 is 23.3 Å². The van der Waals surface area contributed by atoms with Gasteiger partial charge in [0.15, 0.2) is 0 Å². The average Bonchev–Trinajstić information content (AvgIpc) is 2.81. The smallest absolute Gasteiger partial charge is 0.366 e. The molecule has 3 aromatic carbocycles. The van der Waals surface area contributed by atoms with Gasteiger partial charge >= 0.3 is 5.97 Å². The number of para-hydroxylation sites is 1. The van der Waals surface area contributed by atoms with Gasteiger partial charge in [-0.15, -0.1) is 10.2 Å². The molecule has 152 valence electrons. The molecule has 3 rings (SSSR count). The summed E-state index contributed by atoms with van der Waals surface area (Å²) in [6.45, 7) is 0. The Kier molecular flexibility index (Phi) is 6.73. The summed E-state index contributed by atoms with van der Waals surface area (Å²) < 4.78 is 10.2. The van der Waals surface area contributed by atoms with E-state index in [0.29, 0.717) is 34.0 Å². The topological polar surface area (TPSA) is 98.6 Å². The number of azo groups is 1. The van der Waals surface area contributed by atoms with Crippen molar-refractivity contribution < 1.29 is 23.9 Å². The molecule has 30 heavy (non-hydrogen) atoms. The van der Waals surface area contributed by atoms with E-state index in [0.717, 1.165) is 0 Å². The molecule has 1 N–H and O–H groups in total. The number of carbonyl (C=O) groups is 2. The lowest BCUT2D eigenvalue weighted by molar-refractivity contribution is 0.0592. The molecule has 0 atom stereocenters. The van der Waals surface area contributed by atoms with Crippen molar-refractivity contribution in [3.05, 3.63) is 83.9 Å². The van der Waals surface area contributed by atoms with Crippen LogP contribution in [0.4, 0.5) is 11.4 Å². The zero-order chi connectivity index (χ0) is 21.3. The monoisotopic (exact) mass is 405 g/mol. The van der Waals surface area contributed by atoms with Crippen molar-refractivity contribution in [3.8, 4) is 11.5 Å². The van der Waals surface area contributed by atoms with Gasteiger partial charge in [0, 0.05) is 5.56 Å². The average molecular weight is 405 g/mol. The second-order valence-electron chi connectivity index (χ2n) is 5.98. The van der Waals surface area contributed by atoms with Crippen LogP contribution in [0.2, 0.25) is 0 Å². The Bertz CT molecular complexity index is 1060. The van der Waals surface area contributed by atoms with Crippen LogP contribution in [-0.4, -0.2) is 26.1 Å². The minimum Gasteiger partial charge on any atom is -0.497 e. The number of benzene rings is 3. The lowest BCUT2D eigenvalue weighted by Crippen LogP contribution is -2.11. The maximum Gasteiger partial charge on any atom is 0.366 e. The highest BCUT2D eigenvalue weighted by Crippen LogP contribution is 2.21. The van der Waals surface area contributed by atoms with E-state index >= 15 is 0 Å². The molecular formula is C22H19N3O5. The van der Waals surface area contributed by atoms with Gasteiger partial charge in [-0.1, -0.05) is 18.2 Å². The normalized spacial score (nSPS) is 10.5. The van der Waals surface area contributed by atoms with E-state index in [2.05, 4.69) is 15.7 Å². The Labute approximate surface area is 173 Å². The minimum atomic E-state index is -0.583. The first kappa shape index (κ1) is 20.5. The van der Waals surface area contributed by atoms with Crippen LogP contribution in [0, 0.1) is 0 Å². The third kappa shape index (κ3) is 5.20. The van der Waals surface area contributed by atoms with Gasteiger partial charge in [-0.2, -0.15) is 0 Å². The van der Waals surface area contributed by atoms with Gasteiger partial charge in [0.25, 0.3) is 5.91 Å². The molecule has 0 bridgehead atoms. The first-order valence-electron chi connectivity index (χ1n) is 8.91. The van der Waals surface area contributed by atoms with Gasteiger partial charge in [0.05, 0.1) is 25.6 Å². The number of methoxy groups -OCH3 is 2. The fourth-order valence-corrected chi connectivity index (χ4v) is 2.49. The number of hydrogen-bond acceptors (Lipinski definition) is 7. The number of rotatable bonds is 7. The van der Waals surface area contributed by atoms with E-state index < -0.39 is 11.9 Å². The predicted octanol–water partition coefficient (Wildman–Crippen LogP) is 4.81. The standard InChI is InChI=1S/C22H19N3O5/c1-28-18-7-5-6-15(14-18)21(26)24-23-16-10-12-17(13-11-16)25-30-22(27)19-8-3-4-9-20(19)29-2/h3-14,25H,1-2H3. The highest BCUT2D eigenvalue weighted by molar-refractivity contribution is 5.95. The van der Waals surface area contributed by atoms with Crippen LogP contribution in [-0.2, 0) is 4.84 Å². The maximum atomic E-state index is 12.2. The van der Waals surface area contributed by atoms with Gasteiger partial charge in [-0.05, 0) is 54.6 Å². The first-order chi connectivity index (χ1) is 14.6. The third-order valence-corrected chi connectivity index (χ3v) is 4.03. The molecule has 0 fully saturated rings. The van der Waals surface area contributed by atoms with Crippen LogP contribution in [0.3, 0.4) is 0 Å². The highest BCUT2D eigenvalue weighted by atomic mass is 16.7. The fraction of sp³-hybridized carbons (Fsp3) is 0.0909. The second-order valence-corrected chi connectivity index (χ2v) is 5.98. The third-order valence-electron chi connectivity index (χ3n) is 4.03.